The molecule has 3 nitrogen and oxygen atoms in total. The van der Waals surface area contributed by atoms with E-state index in [4.69, 9.17) is 0 Å². The van der Waals surface area contributed by atoms with Gasteiger partial charge in [-0.05, 0) is 17.7 Å². The molecule has 1 aromatic rings. The van der Waals surface area contributed by atoms with Gasteiger partial charge in [-0.25, -0.2) is 4.39 Å². The van der Waals surface area contributed by atoms with Crippen LogP contribution in [0.3, 0.4) is 0 Å². The smallest absolute Gasteiger partial charge is 0.387 e. The Kier molecular flexibility index (Phi) is 9.77. The van der Waals surface area contributed by atoms with E-state index in [0.29, 0.717) is 0 Å². The van der Waals surface area contributed by atoms with E-state index in [9.17, 15) is 13.2 Å². The summed E-state index contributed by atoms with van der Waals surface area (Å²) in [6.07, 6.45) is 0. The van der Waals surface area contributed by atoms with Gasteiger partial charge in [0, 0.05) is 26.2 Å². The second-order valence-corrected chi connectivity index (χ2v) is 4.40. The second-order valence-electron chi connectivity index (χ2n) is 4.40. The van der Waals surface area contributed by atoms with Gasteiger partial charge in [-0.3, -0.25) is 4.90 Å². The first-order chi connectivity index (χ1) is 9.20. The van der Waals surface area contributed by atoms with Crippen LogP contribution in [0, 0.1) is 0 Å². The molecule has 1 aromatic carbocycles. The van der Waals surface area contributed by atoms with Crippen LogP contribution < -0.4 is 10.1 Å². The zero-order valence-corrected chi connectivity index (χ0v) is 12.9. The van der Waals surface area contributed by atoms with Gasteiger partial charge in [-0.1, -0.05) is 12.1 Å². The largest absolute Gasteiger partial charge is 0.435 e. The summed E-state index contributed by atoms with van der Waals surface area (Å²) in [5, 5.41) is 3.21. The van der Waals surface area contributed by atoms with Crippen molar-refractivity contribution in [3.8, 4) is 5.75 Å². The molecule has 0 aliphatic carbocycles. The molecule has 1 aliphatic heterocycles. The number of halogens is 5. The molecule has 8 heteroatoms. The topological polar surface area (TPSA) is 24.5 Å². The number of hydrogen-bond acceptors (Lipinski definition) is 3. The average molecular weight is 347 g/mol. The van der Waals surface area contributed by atoms with Gasteiger partial charge in [0.05, 0.1) is 6.04 Å². The number of hydrogen-bond donors (Lipinski definition) is 1. The lowest BCUT2D eigenvalue weighted by Gasteiger charge is -2.33. The Hall–Kier alpha value is -0.690. The van der Waals surface area contributed by atoms with Crippen LogP contribution in [-0.2, 0) is 0 Å². The summed E-state index contributed by atoms with van der Waals surface area (Å²) in [5.74, 6) is 0.0941. The number of nitrogens with one attached hydrogen (secondary N) is 1. The quantitative estimate of drug-likeness (QED) is 0.886. The fourth-order valence-corrected chi connectivity index (χ4v) is 2.26. The van der Waals surface area contributed by atoms with E-state index < -0.39 is 13.3 Å². The van der Waals surface area contributed by atoms with Crippen LogP contribution in [0.1, 0.15) is 11.6 Å². The lowest BCUT2D eigenvalue weighted by atomic mass is 10.1. The van der Waals surface area contributed by atoms with Crippen LogP contribution in [0.2, 0.25) is 0 Å². The van der Waals surface area contributed by atoms with E-state index in [0.717, 1.165) is 31.7 Å². The average Bonchev–Trinajstić information content (AvgIpc) is 2.42. The van der Waals surface area contributed by atoms with Gasteiger partial charge in [0.2, 0.25) is 0 Å². The highest BCUT2D eigenvalue weighted by atomic mass is 35.5. The number of nitrogens with zero attached hydrogens (tertiary/aromatic N) is 1. The molecule has 1 atom stereocenters. The van der Waals surface area contributed by atoms with Crippen LogP contribution in [0.15, 0.2) is 24.3 Å². The van der Waals surface area contributed by atoms with Gasteiger partial charge < -0.3 is 10.1 Å². The molecule has 0 aromatic heterocycles. The molecule has 122 valence electrons. The molecule has 0 saturated carbocycles. The van der Waals surface area contributed by atoms with Crippen molar-refractivity contribution < 1.29 is 17.9 Å². The Morgan fingerprint density at radius 2 is 1.67 bits per heavy atom. The molecular formula is C13H19Cl2F3N2O. The minimum Gasteiger partial charge on any atom is -0.435 e. The summed E-state index contributed by atoms with van der Waals surface area (Å²) < 4.78 is 41.6. The van der Waals surface area contributed by atoms with Crippen LogP contribution in [0.4, 0.5) is 13.2 Å². The van der Waals surface area contributed by atoms with Crippen LogP contribution >= 0.6 is 24.8 Å². The van der Waals surface area contributed by atoms with Gasteiger partial charge in [0.25, 0.3) is 0 Å². The van der Waals surface area contributed by atoms with Gasteiger partial charge in [0.1, 0.15) is 12.4 Å². The van der Waals surface area contributed by atoms with Gasteiger partial charge in [0.15, 0.2) is 0 Å². The molecule has 0 radical (unpaired) electrons. The first-order valence-electron chi connectivity index (χ1n) is 6.26. The third-order valence-electron chi connectivity index (χ3n) is 3.23. The number of rotatable bonds is 5. The molecule has 1 N–H and O–H groups in total. The third-order valence-corrected chi connectivity index (χ3v) is 3.23. The SMILES string of the molecule is Cl.Cl.FC[C@H](c1ccc(OC(F)F)cc1)N1CCNCC1. The molecule has 1 fully saturated rings. The standard InChI is InChI=1S/C13H17F3N2O.2ClH/c14-9-12(18-7-5-17-6-8-18)10-1-3-11(4-2-10)19-13(15)16;;/h1-4,12-13,17H,5-9H2;2*1H/t12-;;/m1../s1. The Balaban J connectivity index is 0.00000200. The third kappa shape index (κ3) is 5.90. The molecule has 1 saturated heterocycles. The number of piperazine rings is 1. The van der Waals surface area contributed by atoms with Crippen molar-refractivity contribution in [3.05, 3.63) is 29.8 Å². The summed E-state index contributed by atoms with van der Waals surface area (Å²) >= 11 is 0. The molecule has 21 heavy (non-hydrogen) atoms. The lowest BCUT2D eigenvalue weighted by Crippen LogP contribution is -2.45. The molecule has 0 amide bonds. The van der Waals surface area contributed by atoms with E-state index in [1.54, 1.807) is 12.1 Å². The van der Waals surface area contributed by atoms with E-state index in [1.807, 2.05) is 0 Å². The zero-order chi connectivity index (χ0) is 13.7. The maximum atomic E-state index is 13.2. The molecule has 1 heterocycles. The molecule has 0 spiro atoms. The minimum atomic E-state index is -2.84. The van der Waals surface area contributed by atoms with Crippen molar-refractivity contribution in [1.29, 1.82) is 0 Å². The summed E-state index contributed by atoms with van der Waals surface area (Å²) in [7, 11) is 0. The maximum Gasteiger partial charge on any atom is 0.387 e. The maximum absolute atomic E-state index is 13.2. The highest BCUT2D eigenvalue weighted by Crippen LogP contribution is 2.24. The normalized spacial score (nSPS) is 16.8. The van der Waals surface area contributed by atoms with Crippen LogP contribution in [0.5, 0.6) is 5.75 Å². The van der Waals surface area contributed by atoms with E-state index in [-0.39, 0.29) is 36.6 Å². The highest BCUT2D eigenvalue weighted by Gasteiger charge is 2.22. The molecular weight excluding hydrogens is 328 g/mol. The van der Waals surface area contributed by atoms with Crippen LogP contribution in [0.25, 0.3) is 0 Å². The molecule has 0 unspecified atom stereocenters. The predicted octanol–water partition coefficient (Wildman–Crippen LogP) is 3.05. The van der Waals surface area contributed by atoms with Crippen molar-refractivity contribution in [2.24, 2.45) is 0 Å². The van der Waals surface area contributed by atoms with Crippen molar-refractivity contribution in [2.45, 2.75) is 12.7 Å². The first-order valence-corrected chi connectivity index (χ1v) is 6.26. The summed E-state index contributed by atoms with van der Waals surface area (Å²) in [4.78, 5) is 2.06. The lowest BCUT2D eigenvalue weighted by molar-refractivity contribution is -0.0498. The number of benzene rings is 1. The van der Waals surface area contributed by atoms with E-state index in [1.165, 1.54) is 12.1 Å². The van der Waals surface area contributed by atoms with Gasteiger partial charge in [-0.15, -0.1) is 24.8 Å². The highest BCUT2D eigenvalue weighted by molar-refractivity contribution is 5.85. The Labute approximate surface area is 134 Å². The van der Waals surface area contributed by atoms with Crippen molar-refractivity contribution in [3.63, 3.8) is 0 Å². The predicted molar refractivity (Wildman–Crippen MR) is 80.7 cm³/mol. The Morgan fingerprint density at radius 1 is 1.10 bits per heavy atom. The van der Waals surface area contributed by atoms with Crippen molar-refractivity contribution in [2.75, 3.05) is 32.9 Å². The van der Waals surface area contributed by atoms with Gasteiger partial charge >= 0.3 is 6.61 Å². The monoisotopic (exact) mass is 346 g/mol. The molecule has 2 rings (SSSR count). The van der Waals surface area contributed by atoms with Crippen molar-refractivity contribution >= 4 is 24.8 Å². The zero-order valence-electron chi connectivity index (χ0n) is 11.3. The van der Waals surface area contributed by atoms with Crippen LogP contribution in [-0.4, -0.2) is 44.4 Å². The summed E-state index contributed by atoms with van der Waals surface area (Å²) in [6.45, 7) is -0.0921. The Morgan fingerprint density at radius 3 is 2.14 bits per heavy atom. The van der Waals surface area contributed by atoms with E-state index >= 15 is 0 Å². The second kappa shape index (κ2) is 10.1. The number of alkyl halides is 3. The fraction of sp³-hybridized carbons (Fsp3) is 0.538. The van der Waals surface area contributed by atoms with Crippen molar-refractivity contribution in [1.82, 2.24) is 10.2 Å². The fourth-order valence-electron chi connectivity index (χ4n) is 2.26. The Bertz CT molecular complexity index is 390. The number of ether oxygens (including phenoxy) is 1. The van der Waals surface area contributed by atoms with E-state index in [2.05, 4.69) is 15.0 Å². The summed E-state index contributed by atoms with van der Waals surface area (Å²) in [6, 6.07) is 5.87. The summed E-state index contributed by atoms with van der Waals surface area (Å²) in [5.41, 5.74) is 0.783. The van der Waals surface area contributed by atoms with Gasteiger partial charge in [-0.2, -0.15) is 8.78 Å². The minimum absolute atomic E-state index is 0. The molecule has 1 aliphatic rings. The first kappa shape index (κ1) is 20.3. The molecule has 0 bridgehead atoms.